The number of ether oxygens (including phenoxy) is 1. The monoisotopic (exact) mass is 381 g/mol. The molecule has 1 aromatic carbocycles. The average molecular weight is 381 g/mol. The van der Waals surface area contributed by atoms with Crippen LogP contribution < -0.4 is 5.63 Å². The molecule has 0 bridgehead atoms. The van der Waals surface area contributed by atoms with Gasteiger partial charge >= 0.3 is 11.6 Å². The molecule has 1 aliphatic heterocycles. The summed E-state index contributed by atoms with van der Waals surface area (Å²) >= 11 is 0. The molecule has 0 saturated heterocycles. The van der Waals surface area contributed by atoms with Crippen molar-refractivity contribution < 1.29 is 18.2 Å². The fourth-order valence-electron chi connectivity index (χ4n) is 2.62. The van der Waals surface area contributed by atoms with E-state index in [1.54, 1.807) is 25.1 Å². The van der Waals surface area contributed by atoms with Gasteiger partial charge in [0.25, 0.3) is 5.70 Å². The van der Waals surface area contributed by atoms with Crippen LogP contribution in [0.1, 0.15) is 30.0 Å². The predicted molar refractivity (Wildman–Crippen MR) is 102 cm³/mol. The van der Waals surface area contributed by atoms with Crippen LogP contribution in [0.15, 0.2) is 33.1 Å². The number of fused-ring (bicyclic) bond motifs is 2. The summed E-state index contributed by atoms with van der Waals surface area (Å²) in [5.41, 5.74) is 0.941. The summed E-state index contributed by atoms with van der Waals surface area (Å²) in [4.78, 5) is 27.1. The predicted octanol–water partition coefficient (Wildman–Crippen LogP) is 2.62. The molecule has 2 aromatic rings. The van der Waals surface area contributed by atoms with Crippen molar-refractivity contribution in [3.05, 3.63) is 62.4 Å². The smallest absolute Gasteiger partial charge is 0.342 e. The van der Waals surface area contributed by atoms with Crippen LogP contribution in [0.2, 0.25) is 0 Å². The minimum Gasteiger partial charge on any atom is -0.471 e. The Balaban J connectivity index is 2.13. The Bertz CT molecular complexity index is 1140. The van der Waals surface area contributed by atoms with E-state index in [9.17, 15) is 13.8 Å². The molecule has 1 aromatic heterocycles. The molecule has 27 heavy (non-hydrogen) atoms. The van der Waals surface area contributed by atoms with Gasteiger partial charge in [0, 0.05) is 39.7 Å². The number of hydrogen-bond acceptors (Lipinski definition) is 5. The van der Waals surface area contributed by atoms with Gasteiger partial charge in [-0.15, -0.1) is 0 Å². The van der Waals surface area contributed by atoms with E-state index < -0.39 is 22.4 Å². The molecule has 1 atom stereocenters. The Labute approximate surface area is 158 Å². The third kappa shape index (κ3) is 4.16. The third-order valence-electron chi connectivity index (χ3n) is 3.88. The normalized spacial score (nSPS) is 16.3. The Morgan fingerprint density at radius 2 is 2.26 bits per heavy atom. The van der Waals surface area contributed by atoms with E-state index in [1.807, 2.05) is 0 Å². The lowest BCUT2D eigenvalue weighted by molar-refractivity contribution is -0.138. The SMILES string of the molecule is [C-]#[N+]C(=Cc1cc2cc3c(cc2oc1=O)C#CCCS(=O)C3)C(=O)OCC. The molecule has 0 spiro atoms. The van der Waals surface area contributed by atoms with Crippen LogP contribution in [-0.4, -0.2) is 22.5 Å². The molecule has 0 aliphatic carbocycles. The fraction of sp³-hybridized carbons (Fsp3) is 0.250. The van der Waals surface area contributed by atoms with Crippen molar-refractivity contribution in [2.75, 3.05) is 12.4 Å². The lowest BCUT2D eigenvalue weighted by Gasteiger charge is -2.09. The topological polar surface area (TPSA) is 77.9 Å². The van der Waals surface area contributed by atoms with Crippen molar-refractivity contribution in [1.82, 2.24) is 0 Å². The molecule has 7 heteroatoms. The van der Waals surface area contributed by atoms with Gasteiger partial charge in [0.1, 0.15) is 5.58 Å². The molecule has 136 valence electrons. The average Bonchev–Trinajstić information content (AvgIpc) is 2.62. The van der Waals surface area contributed by atoms with E-state index in [0.29, 0.717) is 34.5 Å². The molecule has 0 fully saturated rings. The summed E-state index contributed by atoms with van der Waals surface area (Å²) < 4.78 is 22.2. The van der Waals surface area contributed by atoms with Crippen LogP contribution in [0.25, 0.3) is 21.9 Å². The summed E-state index contributed by atoms with van der Waals surface area (Å²) in [6, 6.07) is 4.99. The van der Waals surface area contributed by atoms with Gasteiger partial charge in [-0.3, -0.25) is 9.00 Å². The number of benzene rings is 1. The van der Waals surface area contributed by atoms with E-state index in [1.165, 1.54) is 0 Å². The van der Waals surface area contributed by atoms with Crippen LogP contribution in [0.5, 0.6) is 0 Å². The summed E-state index contributed by atoms with van der Waals surface area (Å²) in [6.07, 6.45) is 1.72. The van der Waals surface area contributed by atoms with Gasteiger partial charge in [-0.1, -0.05) is 11.8 Å². The first-order chi connectivity index (χ1) is 13.0. The maximum absolute atomic E-state index is 12.3. The third-order valence-corrected chi connectivity index (χ3v) is 5.17. The molecular weight excluding hydrogens is 366 g/mol. The van der Waals surface area contributed by atoms with Gasteiger partial charge in [-0.2, -0.15) is 0 Å². The molecule has 6 nitrogen and oxygen atoms in total. The quantitative estimate of drug-likeness (QED) is 0.269. The molecular formula is C20H15NO5S. The van der Waals surface area contributed by atoms with Gasteiger partial charge in [0.2, 0.25) is 0 Å². The highest BCUT2D eigenvalue weighted by molar-refractivity contribution is 7.84. The van der Waals surface area contributed by atoms with Crippen molar-refractivity contribution in [2.45, 2.75) is 19.1 Å². The molecule has 1 unspecified atom stereocenters. The summed E-state index contributed by atoms with van der Waals surface area (Å²) in [6.45, 7) is 8.87. The van der Waals surface area contributed by atoms with E-state index in [4.69, 9.17) is 15.7 Å². The number of carbonyl (C=O) groups is 1. The fourth-order valence-corrected chi connectivity index (χ4v) is 3.68. The number of hydrogen-bond donors (Lipinski definition) is 0. The zero-order chi connectivity index (χ0) is 19.4. The summed E-state index contributed by atoms with van der Waals surface area (Å²) in [5, 5.41) is 0.604. The maximum Gasteiger partial charge on any atom is 0.342 e. The van der Waals surface area contributed by atoms with Crippen molar-refractivity contribution >= 4 is 33.8 Å². The Kier molecular flexibility index (Phi) is 5.54. The van der Waals surface area contributed by atoms with E-state index in [-0.39, 0.29) is 17.9 Å². The number of rotatable bonds is 3. The second-order valence-corrected chi connectivity index (χ2v) is 7.31. The van der Waals surface area contributed by atoms with Crippen molar-refractivity contribution in [1.29, 1.82) is 0 Å². The van der Waals surface area contributed by atoms with Gasteiger partial charge in [-0.05, 0) is 36.8 Å². The highest BCUT2D eigenvalue weighted by atomic mass is 32.2. The van der Waals surface area contributed by atoms with E-state index in [2.05, 4.69) is 16.7 Å². The summed E-state index contributed by atoms with van der Waals surface area (Å²) in [5.74, 6) is 6.09. The molecule has 0 radical (unpaired) electrons. The highest BCUT2D eigenvalue weighted by Crippen LogP contribution is 2.23. The minimum absolute atomic E-state index is 0.0690. The molecule has 0 N–H and O–H groups in total. The molecule has 3 rings (SSSR count). The molecule has 1 aliphatic rings. The van der Waals surface area contributed by atoms with Crippen molar-refractivity contribution in [2.24, 2.45) is 0 Å². The highest BCUT2D eigenvalue weighted by Gasteiger charge is 2.15. The zero-order valence-electron chi connectivity index (χ0n) is 14.5. The number of carbonyl (C=O) groups excluding carboxylic acids is 1. The first kappa shape index (κ1) is 18.6. The van der Waals surface area contributed by atoms with Crippen LogP contribution in [0.4, 0.5) is 0 Å². The van der Waals surface area contributed by atoms with E-state index >= 15 is 0 Å². The van der Waals surface area contributed by atoms with E-state index in [0.717, 1.165) is 11.6 Å². The maximum atomic E-state index is 12.3. The molecule has 0 saturated carbocycles. The molecule has 0 amide bonds. The first-order valence-corrected chi connectivity index (χ1v) is 9.71. The second-order valence-electron chi connectivity index (χ2n) is 5.74. The van der Waals surface area contributed by atoms with Crippen molar-refractivity contribution in [3.8, 4) is 11.8 Å². The second kappa shape index (κ2) is 8.03. The lowest BCUT2D eigenvalue weighted by Crippen LogP contribution is -2.08. The number of esters is 1. The standard InChI is InChI=1S/C20H15NO5S/c1-3-25-20(23)17(21-2)10-15-8-14-9-16-12-27(24)7-5-4-6-13(16)11-18(14)26-19(15)22/h8-11H,3,5,7,12H2,1H3. The Morgan fingerprint density at radius 3 is 3.00 bits per heavy atom. The number of nitrogens with zero attached hydrogens (tertiary/aromatic N) is 1. The molecule has 2 heterocycles. The van der Waals surface area contributed by atoms with Gasteiger partial charge in [0.05, 0.1) is 18.7 Å². The van der Waals surface area contributed by atoms with Crippen LogP contribution >= 0.6 is 0 Å². The van der Waals surface area contributed by atoms with Crippen molar-refractivity contribution in [3.63, 3.8) is 0 Å². The van der Waals surface area contributed by atoms with Crippen LogP contribution in [0, 0.1) is 18.4 Å². The minimum atomic E-state index is -1.01. The lowest BCUT2D eigenvalue weighted by atomic mass is 10.0. The summed E-state index contributed by atoms with van der Waals surface area (Å²) in [7, 11) is -1.01. The van der Waals surface area contributed by atoms with Gasteiger partial charge in [0.15, 0.2) is 0 Å². The Hall–Kier alpha value is -3.16. The Morgan fingerprint density at radius 1 is 1.44 bits per heavy atom. The largest absolute Gasteiger partial charge is 0.471 e. The van der Waals surface area contributed by atoms with Crippen LogP contribution in [-0.2, 0) is 26.1 Å². The zero-order valence-corrected chi connectivity index (χ0v) is 15.4. The van der Waals surface area contributed by atoms with Gasteiger partial charge in [-0.25, -0.2) is 9.64 Å². The first-order valence-electron chi connectivity index (χ1n) is 8.22. The van der Waals surface area contributed by atoms with Crippen LogP contribution in [0.3, 0.4) is 0 Å². The van der Waals surface area contributed by atoms with Gasteiger partial charge < -0.3 is 9.15 Å².